The highest BCUT2D eigenvalue weighted by atomic mass is 79.9. The summed E-state index contributed by atoms with van der Waals surface area (Å²) in [5.41, 5.74) is 2.48. The van der Waals surface area contributed by atoms with Crippen LogP contribution in [0.25, 0.3) is 10.9 Å². The molecule has 1 N–H and O–H groups in total. The minimum atomic E-state index is 0.912. The Kier molecular flexibility index (Phi) is 2.50. The summed E-state index contributed by atoms with van der Waals surface area (Å²) in [4.78, 5) is 3.26. The lowest BCUT2D eigenvalue weighted by atomic mass is 10.1. The SMILES string of the molecule is CCc1cc(OC)cc2c(Br)c[nH]c12. The molecular weight excluding hydrogens is 242 g/mol. The van der Waals surface area contributed by atoms with Gasteiger partial charge in [-0.1, -0.05) is 6.92 Å². The van der Waals surface area contributed by atoms with E-state index < -0.39 is 0 Å². The van der Waals surface area contributed by atoms with Gasteiger partial charge in [-0.15, -0.1) is 0 Å². The van der Waals surface area contributed by atoms with Crippen molar-refractivity contribution in [1.29, 1.82) is 0 Å². The van der Waals surface area contributed by atoms with Gasteiger partial charge in [0, 0.05) is 16.1 Å². The van der Waals surface area contributed by atoms with Gasteiger partial charge in [0.15, 0.2) is 0 Å². The number of methoxy groups -OCH3 is 1. The number of nitrogens with one attached hydrogen (secondary N) is 1. The average Bonchev–Trinajstić information content (AvgIpc) is 2.59. The zero-order valence-electron chi connectivity index (χ0n) is 8.23. The third kappa shape index (κ3) is 1.42. The molecule has 2 aromatic rings. The van der Waals surface area contributed by atoms with Crippen molar-refractivity contribution in [3.05, 3.63) is 28.4 Å². The van der Waals surface area contributed by atoms with Gasteiger partial charge in [0.1, 0.15) is 5.75 Å². The topological polar surface area (TPSA) is 25.0 Å². The van der Waals surface area contributed by atoms with Crippen LogP contribution in [0.4, 0.5) is 0 Å². The number of hydrogen-bond acceptors (Lipinski definition) is 1. The van der Waals surface area contributed by atoms with E-state index in [1.165, 1.54) is 16.5 Å². The molecule has 0 aliphatic carbocycles. The molecule has 0 atom stereocenters. The summed E-state index contributed by atoms with van der Waals surface area (Å²) in [6, 6.07) is 4.11. The fraction of sp³-hybridized carbons (Fsp3) is 0.273. The maximum atomic E-state index is 5.25. The lowest BCUT2D eigenvalue weighted by molar-refractivity contribution is 0.415. The van der Waals surface area contributed by atoms with Crippen LogP contribution in [-0.2, 0) is 6.42 Å². The summed E-state index contributed by atoms with van der Waals surface area (Å²) >= 11 is 3.51. The molecular formula is C11H12BrNO. The quantitative estimate of drug-likeness (QED) is 0.871. The van der Waals surface area contributed by atoms with E-state index in [0.29, 0.717) is 0 Å². The van der Waals surface area contributed by atoms with Crippen LogP contribution in [0.3, 0.4) is 0 Å². The maximum absolute atomic E-state index is 5.25. The zero-order chi connectivity index (χ0) is 10.1. The summed E-state index contributed by atoms with van der Waals surface area (Å²) in [5, 5.41) is 1.18. The van der Waals surface area contributed by atoms with Crippen LogP contribution in [0.1, 0.15) is 12.5 Å². The van der Waals surface area contributed by atoms with Crippen LogP contribution in [0.2, 0.25) is 0 Å². The molecule has 3 heteroatoms. The summed E-state index contributed by atoms with van der Waals surface area (Å²) in [6.07, 6.45) is 2.96. The van der Waals surface area contributed by atoms with E-state index in [0.717, 1.165) is 16.6 Å². The Balaban J connectivity index is 2.76. The first-order chi connectivity index (χ1) is 6.76. The number of hydrogen-bond donors (Lipinski definition) is 1. The Morgan fingerprint density at radius 1 is 1.43 bits per heavy atom. The maximum Gasteiger partial charge on any atom is 0.119 e. The number of aryl methyl sites for hydroxylation is 1. The number of benzene rings is 1. The van der Waals surface area contributed by atoms with Crippen LogP contribution < -0.4 is 4.74 Å². The first-order valence-electron chi connectivity index (χ1n) is 4.59. The van der Waals surface area contributed by atoms with Gasteiger partial charge in [0.05, 0.1) is 12.6 Å². The van der Waals surface area contributed by atoms with Crippen molar-refractivity contribution in [2.45, 2.75) is 13.3 Å². The van der Waals surface area contributed by atoms with Crippen LogP contribution in [0.15, 0.2) is 22.8 Å². The molecule has 2 rings (SSSR count). The Bertz CT molecular complexity index is 462. The highest BCUT2D eigenvalue weighted by Crippen LogP contribution is 2.30. The number of H-pyrrole nitrogens is 1. The number of aromatic amines is 1. The fourth-order valence-electron chi connectivity index (χ4n) is 1.64. The zero-order valence-corrected chi connectivity index (χ0v) is 9.81. The molecule has 0 radical (unpaired) electrons. The van der Waals surface area contributed by atoms with Gasteiger partial charge in [-0.05, 0) is 40.0 Å². The molecule has 74 valence electrons. The average molecular weight is 254 g/mol. The lowest BCUT2D eigenvalue weighted by Crippen LogP contribution is -1.87. The third-order valence-electron chi connectivity index (χ3n) is 2.41. The first kappa shape index (κ1) is 9.59. The van der Waals surface area contributed by atoms with E-state index in [9.17, 15) is 0 Å². The lowest BCUT2D eigenvalue weighted by Gasteiger charge is -2.04. The van der Waals surface area contributed by atoms with E-state index in [2.05, 4.69) is 33.9 Å². The summed E-state index contributed by atoms with van der Waals surface area (Å²) < 4.78 is 6.34. The van der Waals surface area contributed by atoms with Gasteiger partial charge in [0.2, 0.25) is 0 Å². The molecule has 1 aromatic heterocycles. The molecule has 0 fully saturated rings. The monoisotopic (exact) mass is 253 g/mol. The molecule has 1 aromatic carbocycles. The van der Waals surface area contributed by atoms with Crippen molar-refractivity contribution in [3.63, 3.8) is 0 Å². The van der Waals surface area contributed by atoms with Crippen molar-refractivity contribution in [1.82, 2.24) is 4.98 Å². The standard InChI is InChI=1S/C11H12BrNO/c1-3-7-4-8(14-2)5-9-10(12)6-13-11(7)9/h4-6,13H,3H2,1-2H3. The molecule has 14 heavy (non-hydrogen) atoms. The van der Waals surface area contributed by atoms with E-state index in [1.54, 1.807) is 7.11 Å². The molecule has 0 aliphatic heterocycles. The van der Waals surface area contributed by atoms with Crippen LogP contribution in [0, 0.1) is 0 Å². The van der Waals surface area contributed by atoms with Crippen LogP contribution >= 0.6 is 15.9 Å². The van der Waals surface area contributed by atoms with Crippen LogP contribution in [0.5, 0.6) is 5.75 Å². The molecule has 0 bridgehead atoms. The second-order valence-corrected chi connectivity index (χ2v) is 4.05. The Labute approximate surface area is 91.4 Å². The minimum absolute atomic E-state index is 0.912. The Morgan fingerprint density at radius 3 is 2.86 bits per heavy atom. The number of rotatable bonds is 2. The largest absolute Gasteiger partial charge is 0.497 e. The van der Waals surface area contributed by atoms with Gasteiger partial charge >= 0.3 is 0 Å². The van der Waals surface area contributed by atoms with Gasteiger partial charge < -0.3 is 9.72 Å². The summed E-state index contributed by atoms with van der Waals surface area (Å²) in [6.45, 7) is 2.14. The second kappa shape index (κ2) is 3.65. The van der Waals surface area contributed by atoms with Gasteiger partial charge in [-0.25, -0.2) is 0 Å². The van der Waals surface area contributed by atoms with Gasteiger partial charge in [0.25, 0.3) is 0 Å². The molecule has 0 aliphatic rings. The molecule has 2 nitrogen and oxygen atoms in total. The van der Waals surface area contributed by atoms with Crippen molar-refractivity contribution < 1.29 is 4.74 Å². The summed E-state index contributed by atoms with van der Waals surface area (Å²) in [5.74, 6) is 0.912. The smallest absolute Gasteiger partial charge is 0.119 e. The highest BCUT2D eigenvalue weighted by Gasteiger charge is 2.07. The molecule has 0 saturated heterocycles. The minimum Gasteiger partial charge on any atom is -0.497 e. The van der Waals surface area contributed by atoms with Gasteiger partial charge in [-0.2, -0.15) is 0 Å². The normalized spacial score (nSPS) is 10.8. The molecule has 1 heterocycles. The predicted molar refractivity (Wildman–Crippen MR) is 61.9 cm³/mol. The van der Waals surface area contributed by atoms with E-state index in [-0.39, 0.29) is 0 Å². The first-order valence-corrected chi connectivity index (χ1v) is 5.39. The number of aromatic nitrogens is 1. The van der Waals surface area contributed by atoms with Crippen molar-refractivity contribution in [2.24, 2.45) is 0 Å². The Morgan fingerprint density at radius 2 is 2.21 bits per heavy atom. The van der Waals surface area contributed by atoms with E-state index >= 15 is 0 Å². The molecule has 0 amide bonds. The highest BCUT2D eigenvalue weighted by molar-refractivity contribution is 9.10. The summed E-state index contributed by atoms with van der Waals surface area (Å²) in [7, 11) is 1.70. The van der Waals surface area contributed by atoms with Crippen LogP contribution in [-0.4, -0.2) is 12.1 Å². The van der Waals surface area contributed by atoms with E-state index in [4.69, 9.17) is 4.74 Å². The van der Waals surface area contributed by atoms with Gasteiger partial charge in [-0.3, -0.25) is 0 Å². The molecule has 0 saturated carbocycles. The molecule has 0 unspecified atom stereocenters. The van der Waals surface area contributed by atoms with E-state index in [1.807, 2.05) is 12.3 Å². The third-order valence-corrected chi connectivity index (χ3v) is 3.07. The molecule has 0 spiro atoms. The number of halogens is 1. The Hall–Kier alpha value is -0.960. The number of ether oxygens (including phenoxy) is 1. The number of fused-ring (bicyclic) bond motifs is 1. The van der Waals surface area contributed by atoms with Crippen molar-refractivity contribution in [3.8, 4) is 5.75 Å². The fourth-order valence-corrected chi connectivity index (χ4v) is 2.07. The van der Waals surface area contributed by atoms with Crippen molar-refractivity contribution >= 4 is 26.8 Å². The second-order valence-electron chi connectivity index (χ2n) is 3.20. The predicted octanol–water partition coefficient (Wildman–Crippen LogP) is 3.50. The van der Waals surface area contributed by atoms with Crippen molar-refractivity contribution in [2.75, 3.05) is 7.11 Å².